The molecule has 2 bridgehead atoms. The Morgan fingerprint density at radius 3 is 2.83 bits per heavy atom. The molecule has 2 aromatic heterocycles. The molecule has 2 saturated heterocycles. The Morgan fingerprint density at radius 2 is 2.17 bits per heavy atom. The summed E-state index contributed by atoms with van der Waals surface area (Å²) in [6, 6.07) is 7.38. The molecule has 3 nitrogen and oxygen atoms in total. The molecule has 2 aliphatic heterocycles. The van der Waals surface area contributed by atoms with Crippen molar-refractivity contribution in [2.45, 2.75) is 37.3 Å². The van der Waals surface area contributed by atoms with Crippen LogP contribution in [0.25, 0.3) is 11.1 Å². The van der Waals surface area contributed by atoms with Crippen LogP contribution < -0.4 is 5.32 Å². The predicted octanol–water partition coefficient (Wildman–Crippen LogP) is 3.28. The van der Waals surface area contributed by atoms with Crippen LogP contribution in [0.3, 0.4) is 0 Å². The van der Waals surface area contributed by atoms with Gasteiger partial charge in [0.15, 0.2) is 5.58 Å². The number of hydrogen-bond donors (Lipinski definition) is 1. The number of nitrogens with zero attached hydrogens (tertiary/aromatic N) is 1. The second kappa shape index (κ2) is 5.08. The van der Waals surface area contributed by atoms with Crippen molar-refractivity contribution in [2.24, 2.45) is 0 Å². The summed E-state index contributed by atoms with van der Waals surface area (Å²) in [6.07, 6.45) is 5.67. The quantitative estimate of drug-likeness (QED) is 0.874. The number of halogens is 2. The normalized spacial score (nSPS) is 29.0. The molecule has 0 amide bonds. The Bertz CT molecular complexity index is 510. The van der Waals surface area contributed by atoms with Gasteiger partial charge < -0.3 is 9.73 Å². The van der Waals surface area contributed by atoms with E-state index >= 15 is 0 Å². The standard InChI is InChI=1S/C13H14N2O.2ClH/c1-2-12-11(14-5-1)7-13(16-12)9-6-8-3-4-10(9)15-8;;/h1-2,5,7-10,15H,3-4,6H2;2*1H. The molecule has 98 valence electrons. The van der Waals surface area contributed by atoms with Crippen LogP contribution in [0.5, 0.6) is 0 Å². The Balaban J connectivity index is 0.000000602. The van der Waals surface area contributed by atoms with Gasteiger partial charge in [-0.05, 0) is 31.4 Å². The van der Waals surface area contributed by atoms with E-state index in [1.807, 2.05) is 18.3 Å². The fourth-order valence-electron chi connectivity index (χ4n) is 3.21. The van der Waals surface area contributed by atoms with Crippen LogP contribution in [-0.4, -0.2) is 17.1 Å². The Hall–Kier alpha value is -0.770. The SMILES string of the molecule is Cl.Cl.c1cnc2cc(C3CC4CCC3N4)oc2c1. The zero-order valence-corrected chi connectivity index (χ0v) is 11.5. The smallest absolute Gasteiger partial charge is 0.152 e. The minimum Gasteiger partial charge on any atom is -0.459 e. The molecular formula is C13H16Cl2N2O. The van der Waals surface area contributed by atoms with Gasteiger partial charge in [0, 0.05) is 30.3 Å². The van der Waals surface area contributed by atoms with E-state index in [0.717, 1.165) is 22.9 Å². The zero-order chi connectivity index (χ0) is 10.5. The van der Waals surface area contributed by atoms with Gasteiger partial charge in [0.25, 0.3) is 0 Å². The molecular weight excluding hydrogens is 271 g/mol. The molecule has 4 rings (SSSR count). The van der Waals surface area contributed by atoms with Crippen LogP contribution in [0.2, 0.25) is 0 Å². The van der Waals surface area contributed by atoms with Crippen LogP contribution in [0.1, 0.15) is 30.9 Å². The highest BCUT2D eigenvalue weighted by molar-refractivity contribution is 5.85. The van der Waals surface area contributed by atoms with Crippen LogP contribution in [-0.2, 0) is 0 Å². The lowest BCUT2D eigenvalue weighted by molar-refractivity contribution is 0.422. The van der Waals surface area contributed by atoms with Gasteiger partial charge in [0.2, 0.25) is 0 Å². The number of furan rings is 1. The predicted molar refractivity (Wildman–Crippen MR) is 75.8 cm³/mol. The molecule has 0 radical (unpaired) electrons. The minimum absolute atomic E-state index is 0. The molecule has 2 aliphatic rings. The van der Waals surface area contributed by atoms with Gasteiger partial charge in [-0.1, -0.05) is 0 Å². The molecule has 3 unspecified atom stereocenters. The number of rotatable bonds is 1. The molecule has 0 saturated carbocycles. The van der Waals surface area contributed by atoms with E-state index in [1.54, 1.807) is 0 Å². The Morgan fingerprint density at radius 1 is 1.28 bits per heavy atom. The molecule has 0 aliphatic carbocycles. The average Bonchev–Trinajstić information content (AvgIpc) is 3.02. The lowest BCUT2D eigenvalue weighted by atomic mass is 9.87. The maximum atomic E-state index is 5.90. The third-order valence-electron chi connectivity index (χ3n) is 3.97. The van der Waals surface area contributed by atoms with Gasteiger partial charge in [-0.25, -0.2) is 0 Å². The highest BCUT2D eigenvalue weighted by atomic mass is 35.5. The molecule has 0 spiro atoms. The van der Waals surface area contributed by atoms with E-state index in [-0.39, 0.29) is 24.8 Å². The average molecular weight is 287 g/mol. The molecule has 3 atom stereocenters. The maximum Gasteiger partial charge on any atom is 0.152 e. The van der Waals surface area contributed by atoms with Gasteiger partial charge in [-0.15, -0.1) is 24.8 Å². The van der Waals surface area contributed by atoms with Crippen molar-refractivity contribution in [3.8, 4) is 0 Å². The Labute approximate surface area is 118 Å². The van der Waals surface area contributed by atoms with Crippen molar-refractivity contribution in [3.63, 3.8) is 0 Å². The first-order chi connectivity index (χ1) is 7.90. The molecule has 1 N–H and O–H groups in total. The molecule has 18 heavy (non-hydrogen) atoms. The summed E-state index contributed by atoms with van der Waals surface area (Å²) in [5.74, 6) is 1.68. The van der Waals surface area contributed by atoms with Gasteiger partial charge in [0.1, 0.15) is 11.3 Å². The Kier molecular flexibility index (Phi) is 3.85. The van der Waals surface area contributed by atoms with Crippen molar-refractivity contribution < 1.29 is 4.42 Å². The summed E-state index contributed by atoms with van der Waals surface area (Å²) in [4.78, 5) is 4.32. The monoisotopic (exact) mass is 286 g/mol. The maximum absolute atomic E-state index is 5.90. The number of aromatic nitrogens is 1. The first-order valence-electron chi connectivity index (χ1n) is 6.01. The van der Waals surface area contributed by atoms with Crippen molar-refractivity contribution in [3.05, 3.63) is 30.2 Å². The largest absolute Gasteiger partial charge is 0.459 e. The summed E-state index contributed by atoms with van der Waals surface area (Å²) >= 11 is 0. The van der Waals surface area contributed by atoms with Crippen molar-refractivity contribution >= 4 is 35.9 Å². The van der Waals surface area contributed by atoms with Crippen LogP contribution >= 0.6 is 24.8 Å². The number of hydrogen-bond acceptors (Lipinski definition) is 3. The van der Waals surface area contributed by atoms with Crippen LogP contribution in [0.4, 0.5) is 0 Å². The second-order valence-corrected chi connectivity index (χ2v) is 4.93. The van der Waals surface area contributed by atoms with E-state index in [4.69, 9.17) is 4.42 Å². The lowest BCUT2D eigenvalue weighted by Crippen LogP contribution is -2.21. The van der Waals surface area contributed by atoms with Crippen molar-refractivity contribution in [1.82, 2.24) is 10.3 Å². The first-order valence-corrected chi connectivity index (χ1v) is 6.01. The van der Waals surface area contributed by atoms with E-state index < -0.39 is 0 Å². The number of pyridine rings is 1. The summed E-state index contributed by atoms with van der Waals surface area (Å²) in [7, 11) is 0. The van der Waals surface area contributed by atoms with E-state index in [2.05, 4.69) is 16.4 Å². The molecule has 4 heterocycles. The summed E-state index contributed by atoms with van der Waals surface area (Å²) in [6.45, 7) is 0. The van der Waals surface area contributed by atoms with Crippen molar-refractivity contribution in [2.75, 3.05) is 0 Å². The fraction of sp³-hybridized carbons (Fsp3) is 0.462. The van der Waals surface area contributed by atoms with Gasteiger partial charge in [0.05, 0.1) is 0 Å². The zero-order valence-electron chi connectivity index (χ0n) is 9.83. The molecule has 2 fully saturated rings. The first kappa shape index (κ1) is 13.7. The third kappa shape index (κ3) is 2.00. The second-order valence-electron chi connectivity index (χ2n) is 4.93. The summed E-state index contributed by atoms with van der Waals surface area (Å²) < 4.78 is 5.90. The minimum atomic E-state index is 0. The molecule has 2 aromatic rings. The molecule has 5 heteroatoms. The summed E-state index contributed by atoms with van der Waals surface area (Å²) in [5.41, 5.74) is 1.90. The highest BCUT2D eigenvalue weighted by Crippen LogP contribution is 2.41. The summed E-state index contributed by atoms with van der Waals surface area (Å²) in [5, 5.41) is 3.64. The fourth-order valence-corrected chi connectivity index (χ4v) is 3.21. The van der Waals surface area contributed by atoms with Gasteiger partial charge in [-0.2, -0.15) is 0 Å². The third-order valence-corrected chi connectivity index (χ3v) is 3.97. The van der Waals surface area contributed by atoms with E-state index in [0.29, 0.717) is 12.0 Å². The van der Waals surface area contributed by atoms with Crippen LogP contribution in [0, 0.1) is 0 Å². The van der Waals surface area contributed by atoms with Gasteiger partial charge in [-0.3, -0.25) is 4.98 Å². The number of nitrogens with one attached hydrogen (secondary N) is 1. The van der Waals surface area contributed by atoms with Crippen molar-refractivity contribution in [1.29, 1.82) is 0 Å². The van der Waals surface area contributed by atoms with Gasteiger partial charge >= 0.3 is 0 Å². The highest BCUT2D eigenvalue weighted by Gasteiger charge is 2.41. The topological polar surface area (TPSA) is 38.1 Å². The van der Waals surface area contributed by atoms with Crippen LogP contribution in [0.15, 0.2) is 28.8 Å². The van der Waals surface area contributed by atoms with E-state index in [1.165, 1.54) is 19.3 Å². The lowest BCUT2D eigenvalue weighted by Gasteiger charge is -2.17. The molecule has 0 aromatic carbocycles. The van der Waals surface area contributed by atoms with E-state index in [9.17, 15) is 0 Å². The number of fused-ring (bicyclic) bond motifs is 3.